The highest BCUT2D eigenvalue weighted by molar-refractivity contribution is 7.99. The van der Waals surface area contributed by atoms with E-state index in [9.17, 15) is 4.79 Å². The van der Waals surface area contributed by atoms with Gasteiger partial charge in [0, 0.05) is 42.4 Å². The molecule has 0 atom stereocenters. The minimum atomic E-state index is 0.148. The number of nitrogens with zero attached hydrogens (tertiary/aromatic N) is 1. The van der Waals surface area contributed by atoms with Crippen LogP contribution in [0.2, 0.25) is 0 Å². The van der Waals surface area contributed by atoms with Gasteiger partial charge in [-0.25, -0.2) is 0 Å². The van der Waals surface area contributed by atoms with Crippen LogP contribution in [0.25, 0.3) is 0 Å². The van der Waals surface area contributed by atoms with Gasteiger partial charge in [0.05, 0.1) is 0 Å². The number of carbonyl (C=O) groups is 1. The van der Waals surface area contributed by atoms with E-state index in [1.54, 1.807) is 11.3 Å². The highest BCUT2D eigenvalue weighted by atomic mass is 32.2. The lowest BCUT2D eigenvalue weighted by Crippen LogP contribution is -2.37. The molecule has 0 bridgehead atoms. The average molecular weight is 318 g/mol. The minimum Gasteiger partial charge on any atom is -0.381 e. The molecular formula is C16H18N2OS2. The van der Waals surface area contributed by atoms with Gasteiger partial charge in [0.15, 0.2) is 0 Å². The van der Waals surface area contributed by atoms with E-state index in [0.717, 1.165) is 42.4 Å². The number of thioether (sulfide) groups is 1. The molecule has 110 valence electrons. The molecule has 1 N–H and O–H groups in total. The molecule has 5 heteroatoms. The summed E-state index contributed by atoms with van der Waals surface area (Å²) in [4.78, 5) is 14.4. The molecule has 1 amide bonds. The van der Waals surface area contributed by atoms with Crippen molar-refractivity contribution in [1.29, 1.82) is 0 Å². The first-order valence-electron chi connectivity index (χ1n) is 7.05. The normalized spacial score (nSPS) is 15.0. The number of benzene rings is 1. The van der Waals surface area contributed by atoms with Crippen LogP contribution in [-0.2, 0) is 6.54 Å². The summed E-state index contributed by atoms with van der Waals surface area (Å²) in [5, 5.41) is 7.58. The zero-order valence-electron chi connectivity index (χ0n) is 11.7. The van der Waals surface area contributed by atoms with Crippen LogP contribution in [0.1, 0.15) is 15.9 Å². The Hall–Kier alpha value is -1.46. The Morgan fingerprint density at radius 1 is 1.24 bits per heavy atom. The summed E-state index contributed by atoms with van der Waals surface area (Å²) in [6.07, 6.45) is 0. The van der Waals surface area contributed by atoms with Crippen molar-refractivity contribution in [3.05, 3.63) is 52.2 Å². The van der Waals surface area contributed by atoms with Crippen molar-refractivity contribution < 1.29 is 4.79 Å². The molecule has 21 heavy (non-hydrogen) atoms. The summed E-state index contributed by atoms with van der Waals surface area (Å²) in [5.41, 5.74) is 3.04. The van der Waals surface area contributed by atoms with Gasteiger partial charge in [-0.3, -0.25) is 4.79 Å². The quantitative estimate of drug-likeness (QED) is 0.935. The molecule has 1 saturated heterocycles. The Labute approximate surface area is 133 Å². The monoisotopic (exact) mass is 318 g/mol. The van der Waals surface area contributed by atoms with Crippen LogP contribution in [0, 0.1) is 0 Å². The first-order valence-corrected chi connectivity index (χ1v) is 9.15. The number of rotatable bonds is 4. The number of anilines is 1. The first-order chi connectivity index (χ1) is 10.3. The molecule has 0 aliphatic carbocycles. The van der Waals surface area contributed by atoms with E-state index >= 15 is 0 Å². The lowest BCUT2D eigenvalue weighted by atomic mass is 10.1. The van der Waals surface area contributed by atoms with Gasteiger partial charge >= 0.3 is 0 Å². The second-order valence-corrected chi connectivity index (χ2v) is 6.98. The zero-order valence-corrected chi connectivity index (χ0v) is 13.4. The van der Waals surface area contributed by atoms with Gasteiger partial charge in [-0.15, -0.1) is 0 Å². The minimum absolute atomic E-state index is 0.148. The van der Waals surface area contributed by atoms with Crippen LogP contribution < -0.4 is 5.32 Å². The summed E-state index contributed by atoms with van der Waals surface area (Å²) in [6.45, 7) is 2.51. The van der Waals surface area contributed by atoms with Gasteiger partial charge in [-0.2, -0.15) is 23.1 Å². The fourth-order valence-electron chi connectivity index (χ4n) is 2.31. The molecular weight excluding hydrogens is 300 g/mol. The van der Waals surface area contributed by atoms with Crippen molar-refractivity contribution in [2.45, 2.75) is 6.54 Å². The van der Waals surface area contributed by atoms with Crippen LogP contribution in [-0.4, -0.2) is 35.4 Å². The van der Waals surface area contributed by atoms with Gasteiger partial charge in [-0.1, -0.05) is 6.07 Å². The Morgan fingerprint density at radius 3 is 2.86 bits per heavy atom. The Kier molecular flexibility index (Phi) is 4.83. The second-order valence-electron chi connectivity index (χ2n) is 4.97. The van der Waals surface area contributed by atoms with Crippen LogP contribution in [0.3, 0.4) is 0 Å². The topological polar surface area (TPSA) is 32.3 Å². The molecule has 3 nitrogen and oxygen atoms in total. The lowest BCUT2D eigenvalue weighted by molar-refractivity contribution is 0.0772. The van der Waals surface area contributed by atoms with E-state index in [1.165, 1.54) is 5.56 Å². The molecule has 0 spiro atoms. The van der Waals surface area contributed by atoms with Crippen LogP contribution >= 0.6 is 23.1 Å². The average Bonchev–Trinajstić information content (AvgIpc) is 3.07. The Bertz CT molecular complexity index is 592. The van der Waals surface area contributed by atoms with Crippen molar-refractivity contribution in [3.63, 3.8) is 0 Å². The van der Waals surface area contributed by atoms with Crippen molar-refractivity contribution in [3.8, 4) is 0 Å². The molecule has 0 radical (unpaired) electrons. The van der Waals surface area contributed by atoms with Crippen molar-refractivity contribution >= 4 is 34.7 Å². The fourth-order valence-corrected chi connectivity index (χ4v) is 3.88. The van der Waals surface area contributed by atoms with E-state index in [4.69, 9.17) is 0 Å². The van der Waals surface area contributed by atoms with Gasteiger partial charge in [0.2, 0.25) is 0 Å². The maximum Gasteiger partial charge on any atom is 0.253 e. The molecule has 2 heterocycles. The van der Waals surface area contributed by atoms with Crippen LogP contribution in [0.4, 0.5) is 5.69 Å². The third-order valence-electron chi connectivity index (χ3n) is 3.48. The van der Waals surface area contributed by atoms with Crippen molar-refractivity contribution in [2.75, 3.05) is 29.9 Å². The molecule has 1 aromatic heterocycles. The summed E-state index contributed by atoms with van der Waals surface area (Å²) in [5.74, 6) is 2.23. The van der Waals surface area contributed by atoms with Crippen molar-refractivity contribution in [2.24, 2.45) is 0 Å². The molecule has 0 unspecified atom stereocenters. The number of thiophene rings is 1. The SMILES string of the molecule is O=C(c1cccc(NCc2ccsc2)c1)N1CCSCC1. The highest BCUT2D eigenvalue weighted by Gasteiger charge is 2.18. The maximum absolute atomic E-state index is 12.5. The van der Waals surface area contributed by atoms with Crippen molar-refractivity contribution in [1.82, 2.24) is 4.90 Å². The molecule has 1 aliphatic rings. The number of amides is 1. The predicted octanol–water partition coefficient (Wildman–Crippen LogP) is 3.55. The van der Waals surface area contributed by atoms with Crippen LogP contribution in [0.5, 0.6) is 0 Å². The summed E-state index contributed by atoms with van der Waals surface area (Å²) >= 11 is 3.61. The van der Waals surface area contributed by atoms with Gasteiger partial charge < -0.3 is 10.2 Å². The second kappa shape index (κ2) is 7.00. The standard InChI is InChI=1S/C16H18N2OS2/c19-16(18-5-8-20-9-6-18)14-2-1-3-15(10-14)17-11-13-4-7-21-12-13/h1-4,7,10,12,17H,5-6,8-9,11H2. The third-order valence-corrected chi connectivity index (χ3v) is 5.16. The predicted molar refractivity (Wildman–Crippen MR) is 91.3 cm³/mol. The summed E-state index contributed by atoms with van der Waals surface area (Å²) in [6, 6.07) is 9.92. The van der Waals surface area contributed by atoms with E-state index in [0.29, 0.717) is 0 Å². The lowest BCUT2D eigenvalue weighted by Gasteiger charge is -2.26. The summed E-state index contributed by atoms with van der Waals surface area (Å²) in [7, 11) is 0. The van der Waals surface area contributed by atoms with Crippen LogP contribution in [0.15, 0.2) is 41.1 Å². The molecule has 1 aliphatic heterocycles. The first kappa shape index (κ1) is 14.5. The molecule has 0 saturated carbocycles. The molecule has 1 aromatic carbocycles. The molecule has 2 aromatic rings. The number of hydrogen-bond donors (Lipinski definition) is 1. The van der Waals surface area contributed by atoms with E-state index in [1.807, 2.05) is 40.9 Å². The third kappa shape index (κ3) is 3.80. The zero-order chi connectivity index (χ0) is 14.5. The van der Waals surface area contributed by atoms with Gasteiger partial charge in [0.25, 0.3) is 5.91 Å². The molecule has 3 rings (SSSR count). The Morgan fingerprint density at radius 2 is 2.10 bits per heavy atom. The number of carbonyl (C=O) groups excluding carboxylic acids is 1. The number of nitrogens with one attached hydrogen (secondary N) is 1. The Balaban J connectivity index is 1.66. The van der Waals surface area contributed by atoms with Gasteiger partial charge in [0.1, 0.15) is 0 Å². The maximum atomic E-state index is 12.5. The largest absolute Gasteiger partial charge is 0.381 e. The van der Waals surface area contributed by atoms with E-state index in [2.05, 4.69) is 22.1 Å². The van der Waals surface area contributed by atoms with E-state index < -0.39 is 0 Å². The highest BCUT2D eigenvalue weighted by Crippen LogP contribution is 2.17. The fraction of sp³-hybridized carbons (Fsp3) is 0.312. The van der Waals surface area contributed by atoms with E-state index in [-0.39, 0.29) is 5.91 Å². The molecule has 1 fully saturated rings. The number of hydrogen-bond acceptors (Lipinski definition) is 4. The smallest absolute Gasteiger partial charge is 0.253 e. The summed E-state index contributed by atoms with van der Waals surface area (Å²) < 4.78 is 0. The van der Waals surface area contributed by atoms with Gasteiger partial charge in [-0.05, 0) is 40.6 Å².